The monoisotopic (exact) mass is 252 g/mol. The Labute approximate surface area is 111 Å². The minimum Gasteiger partial charge on any atom is -0.370 e. The van der Waals surface area contributed by atoms with Crippen LogP contribution < -0.4 is 5.73 Å². The summed E-state index contributed by atoms with van der Waals surface area (Å²) in [7, 11) is 0. The minimum atomic E-state index is 0.498. The smallest absolute Gasteiger partial charge is 0.191 e. The number of aliphatic imine (C=N–C) groups is 1. The highest BCUT2D eigenvalue weighted by Crippen LogP contribution is 2.22. The Kier molecular flexibility index (Phi) is 4.87. The molecule has 0 aromatic carbocycles. The molecule has 2 aliphatic rings. The van der Waals surface area contributed by atoms with Crippen molar-refractivity contribution < 1.29 is 0 Å². The van der Waals surface area contributed by atoms with E-state index < -0.39 is 0 Å². The summed E-state index contributed by atoms with van der Waals surface area (Å²) < 4.78 is 0. The van der Waals surface area contributed by atoms with Crippen LogP contribution in [0.1, 0.15) is 46.0 Å². The summed E-state index contributed by atoms with van der Waals surface area (Å²) >= 11 is 0. The Balaban J connectivity index is 1.87. The topological polar surface area (TPSA) is 44.9 Å². The first kappa shape index (κ1) is 13.7. The van der Waals surface area contributed by atoms with E-state index in [4.69, 9.17) is 10.7 Å². The molecule has 4 heteroatoms. The first-order valence-corrected chi connectivity index (χ1v) is 7.56. The Morgan fingerprint density at radius 2 is 1.89 bits per heavy atom. The van der Waals surface area contributed by atoms with Gasteiger partial charge in [-0.3, -0.25) is 4.90 Å². The average molecular weight is 252 g/mol. The third-order valence-electron chi connectivity index (χ3n) is 4.46. The second-order valence-electron chi connectivity index (χ2n) is 5.54. The van der Waals surface area contributed by atoms with Gasteiger partial charge >= 0.3 is 0 Å². The van der Waals surface area contributed by atoms with Crippen molar-refractivity contribution in [2.24, 2.45) is 10.7 Å². The van der Waals surface area contributed by atoms with Gasteiger partial charge in [0.25, 0.3) is 0 Å². The molecule has 1 saturated carbocycles. The number of guanidine groups is 1. The maximum absolute atomic E-state index is 6.16. The zero-order chi connectivity index (χ0) is 13.0. The third kappa shape index (κ3) is 3.16. The van der Waals surface area contributed by atoms with Crippen molar-refractivity contribution in [2.45, 2.75) is 58.0 Å². The number of likely N-dealkylation sites (N-methyl/N-ethyl adjacent to an activating group) is 1. The van der Waals surface area contributed by atoms with E-state index in [1.165, 1.54) is 32.1 Å². The molecule has 18 heavy (non-hydrogen) atoms. The van der Waals surface area contributed by atoms with Crippen molar-refractivity contribution in [1.82, 2.24) is 9.80 Å². The number of hydrogen-bond donors (Lipinski definition) is 1. The standard InChI is InChI=1S/C14H28N4/c1-3-17(4-2)13-9-10-18(11-13)14(15)16-12-7-5-6-8-12/h12-13H,3-11H2,1-2H3,(H2,15,16). The van der Waals surface area contributed by atoms with E-state index in [9.17, 15) is 0 Å². The van der Waals surface area contributed by atoms with Gasteiger partial charge in [-0.2, -0.15) is 0 Å². The summed E-state index contributed by atoms with van der Waals surface area (Å²) in [5.41, 5.74) is 6.16. The van der Waals surface area contributed by atoms with Crippen LogP contribution in [0.3, 0.4) is 0 Å². The Hall–Kier alpha value is -0.770. The zero-order valence-corrected chi connectivity index (χ0v) is 11.9. The third-order valence-corrected chi connectivity index (χ3v) is 4.46. The van der Waals surface area contributed by atoms with Gasteiger partial charge in [0.2, 0.25) is 0 Å². The molecule has 0 aromatic rings. The van der Waals surface area contributed by atoms with E-state index >= 15 is 0 Å². The SMILES string of the molecule is CCN(CC)C1CCN(C(N)=NC2CCCC2)C1. The quantitative estimate of drug-likeness (QED) is 0.611. The van der Waals surface area contributed by atoms with Gasteiger partial charge in [-0.05, 0) is 32.4 Å². The molecule has 0 aromatic heterocycles. The van der Waals surface area contributed by atoms with Gasteiger partial charge in [0.15, 0.2) is 5.96 Å². The number of rotatable bonds is 4. The average Bonchev–Trinajstić information content (AvgIpc) is 3.01. The number of hydrogen-bond acceptors (Lipinski definition) is 2. The zero-order valence-electron chi connectivity index (χ0n) is 11.9. The summed E-state index contributed by atoms with van der Waals surface area (Å²) in [5.74, 6) is 0.788. The number of nitrogens with zero attached hydrogens (tertiary/aromatic N) is 3. The minimum absolute atomic E-state index is 0.498. The molecular weight excluding hydrogens is 224 g/mol. The summed E-state index contributed by atoms with van der Waals surface area (Å²) in [6, 6.07) is 1.16. The molecule has 2 N–H and O–H groups in total. The van der Waals surface area contributed by atoms with E-state index in [1.54, 1.807) is 0 Å². The maximum atomic E-state index is 6.16. The number of likely N-dealkylation sites (tertiary alicyclic amines) is 1. The van der Waals surface area contributed by atoms with Crippen LogP contribution in [-0.2, 0) is 0 Å². The summed E-state index contributed by atoms with van der Waals surface area (Å²) in [6.45, 7) is 8.88. The van der Waals surface area contributed by atoms with Crippen molar-refractivity contribution in [3.8, 4) is 0 Å². The summed E-state index contributed by atoms with van der Waals surface area (Å²) in [5, 5.41) is 0. The second kappa shape index (κ2) is 6.41. The van der Waals surface area contributed by atoms with Crippen LogP contribution in [0.15, 0.2) is 4.99 Å². The molecule has 1 heterocycles. The van der Waals surface area contributed by atoms with Crippen molar-refractivity contribution in [1.29, 1.82) is 0 Å². The fraction of sp³-hybridized carbons (Fsp3) is 0.929. The van der Waals surface area contributed by atoms with Gasteiger partial charge in [-0.1, -0.05) is 26.7 Å². The Bertz CT molecular complexity index is 280. The fourth-order valence-corrected chi connectivity index (χ4v) is 3.29. The van der Waals surface area contributed by atoms with E-state index in [2.05, 4.69) is 23.6 Å². The Morgan fingerprint density at radius 1 is 1.22 bits per heavy atom. The van der Waals surface area contributed by atoms with E-state index in [0.29, 0.717) is 12.1 Å². The van der Waals surface area contributed by atoms with Crippen LogP contribution in [-0.4, -0.2) is 54.0 Å². The van der Waals surface area contributed by atoms with Gasteiger partial charge in [-0.15, -0.1) is 0 Å². The van der Waals surface area contributed by atoms with Crippen LogP contribution >= 0.6 is 0 Å². The lowest BCUT2D eigenvalue weighted by molar-refractivity contribution is 0.223. The molecule has 2 fully saturated rings. The molecule has 0 radical (unpaired) electrons. The molecule has 0 bridgehead atoms. The highest BCUT2D eigenvalue weighted by Gasteiger charge is 2.27. The van der Waals surface area contributed by atoms with Gasteiger partial charge in [-0.25, -0.2) is 4.99 Å². The molecular formula is C14H28N4. The van der Waals surface area contributed by atoms with Gasteiger partial charge < -0.3 is 10.6 Å². The van der Waals surface area contributed by atoms with Crippen molar-refractivity contribution in [2.75, 3.05) is 26.2 Å². The summed E-state index contributed by atoms with van der Waals surface area (Å²) in [4.78, 5) is 9.51. The lowest BCUT2D eigenvalue weighted by atomic mass is 10.2. The molecule has 1 saturated heterocycles. The highest BCUT2D eigenvalue weighted by molar-refractivity contribution is 5.78. The van der Waals surface area contributed by atoms with Crippen molar-refractivity contribution in [3.63, 3.8) is 0 Å². The first-order valence-electron chi connectivity index (χ1n) is 7.56. The lowest BCUT2D eigenvalue weighted by Gasteiger charge is -2.26. The van der Waals surface area contributed by atoms with E-state index in [-0.39, 0.29) is 0 Å². The highest BCUT2D eigenvalue weighted by atomic mass is 15.3. The maximum Gasteiger partial charge on any atom is 0.191 e. The number of nitrogens with two attached hydrogens (primary N) is 1. The molecule has 1 unspecified atom stereocenters. The van der Waals surface area contributed by atoms with E-state index in [0.717, 1.165) is 32.1 Å². The van der Waals surface area contributed by atoms with Gasteiger partial charge in [0.1, 0.15) is 0 Å². The second-order valence-corrected chi connectivity index (χ2v) is 5.54. The molecule has 1 aliphatic carbocycles. The molecule has 104 valence electrons. The van der Waals surface area contributed by atoms with Crippen LogP contribution in [0.5, 0.6) is 0 Å². The lowest BCUT2D eigenvalue weighted by Crippen LogP contribution is -2.41. The normalized spacial score (nSPS) is 26.5. The molecule has 2 rings (SSSR count). The van der Waals surface area contributed by atoms with Gasteiger partial charge in [0.05, 0.1) is 6.04 Å². The predicted molar refractivity (Wildman–Crippen MR) is 76.8 cm³/mol. The predicted octanol–water partition coefficient (Wildman–Crippen LogP) is 1.66. The fourth-order valence-electron chi connectivity index (χ4n) is 3.29. The van der Waals surface area contributed by atoms with Crippen LogP contribution in [0, 0.1) is 0 Å². The first-order chi connectivity index (χ1) is 8.74. The molecule has 4 nitrogen and oxygen atoms in total. The Morgan fingerprint density at radius 3 is 2.50 bits per heavy atom. The van der Waals surface area contributed by atoms with Crippen LogP contribution in [0.25, 0.3) is 0 Å². The molecule has 0 amide bonds. The van der Waals surface area contributed by atoms with Crippen molar-refractivity contribution in [3.05, 3.63) is 0 Å². The summed E-state index contributed by atoms with van der Waals surface area (Å²) in [6.07, 6.45) is 6.33. The molecule has 0 spiro atoms. The van der Waals surface area contributed by atoms with Crippen LogP contribution in [0.2, 0.25) is 0 Å². The molecule has 1 atom stereocenters. The van der Waals surface area contributed by atoms with E-state index in [1.807, 2.05) is 0 Å². The largest absolute Gasteiger partial charge is 0.370 e. The van der Waals surface area contributed by atoms with Crippen molar-refractivity contribution >= 4 is 5.96 Å². The van der Waals surface area contributed by atoms with Crippen LogP contribution in [0.4, 0.5) is 0 Å². The molecule has 1 aliphatic heterocycles. The van der Waals surface area contributed by atoms with Gasteiger partial charge in [0, 0.05) is 19.1 Å².